The lowest BCUT2D eigenvalue weighted by Crippen LogP contribution is -2.58. The van der Waals surface area contributed by atoms with Gasteiger partial charge in [-0.15, -0.1) is 0 Å². The third kappa shape index (κ3) is 5.14. The number of aromatic hydroxyl groups is 1. The van der Waals surface area contributed by atoms with Crippen LogP contribution in [0.3, 0.4) is 0 Å². The highest BCUT2D eigenvalue weighted by Crippen LogP contribution is 2.27. The van der Waals surface area contributed by atoms with Crippen molar-refractivity contribution in [3.8, 4) is 5.75 Å². The lowest BCUT2D eigenvalue weighted by Gasteiger charge is -2.37. The average Bonchev–Trinajstić information content (AvgIpc) is 3.20. The number of rotatable bonds is 5. The number of hydrogen-bond acceptors (Lipinski definition) is 5. The minimum atomic E-state index is -0.855. The van der Waals surface area contributed by atoms with Crippen LogP contribution in [0, 0.1) is 0 Å². The minimum absolute atomic E-state index is 0.0221. The van der Waals surface area contributed by atoms with E-state index in [0.29, 0.717) is 12.1 Å². The molecule has 3 atom stereocenters. The first-order chi connectivity index (χ1) is 16.1. The molecule has 0 unspecified atom stereocenters. The molecule has 34 heavy (non-hydrogen) atoms. The molecule has 2 aliphatic rings. The second-order valence-corrected chi connectivity index (χ2v) is 10.2. The zero-order valence-electron chi connectivity index (χ0n) is 19.9. The summed E-state index contributed by atoms with van der Waals surface area (Å²) in [6.45, 7) is 6.79. The molecule has 2 aliphatic heterocycles. The molecule has 0 aromatic heterocycles. The monoisotopic (exact) mass is 464 g/mol. The molecular formula is C27H32N2O5. The lowest BCUT2D eigenvalue weighted by molar-refractivity contribution is -0.142. The summed E-state index contributed by atoms with van der Waals surface area (Å²) < 4.78 is 5.59. The number of piperidine rings is 1. The molecule has 2 aromatic carbocycles. The molecule has 7 nitrogen and oxygen atoms in total. The maximum atomic E-state index is 13.7. The molecule has 2 saturated heterocycles. The first-order valence-corrected chi connectivity index (χ1v) is 11.8. The van der Waals surface area contributed by atoms with Crippen LogP contribution < -0.4 is 5.32 Å². The number of nitrogens with zero attached hydrogens (tertiary/aromatic N) is 1. The molecular weight excluding hydrogens is 432 g/mol. The van der Waals surface area contributed by atoms with E-state index >= 15 is 0 Å². The number of ether oxygens (including phenoxy) is 1. The summed E-state index contributed by atoms with van der Waals surface area (Å²) in [5.74, 6) is -0.603. The number of fused-ring (bicyclic) bond motifs is 1. The fourth-order valence-electron chi connectivity index (χ4n) is 4.67. The van der Waals surface area contributed by atoms with E-state index in [1.54, 1.807) is 41.3 Å². The van der Waals surface area contributed by atoms with Crippen molar-refractivity contribution < 1.29 is 24.2 Å². The summed E-state index contributed by atoms with van der Waals surface area (Å²) in [5.41, 5.74) is 2.34. The van der Waals surface area contributed by atoms with Gasteiger partial charge in [0.25, 0.3) is 5.91 Å². The molecule has 2 fully saturated rings. The maximum absolute atomic E-state index is 13.7. The predicted molar refractivity (Wildman–Crippen MR) is 128 cm³/mol. The summed E-state index contributed by atoms with van der Waals surface area (Å²) in [7, 11) is 0. The predicted octanol–water partition coefficient (Wildman–Crippen LogP) is 2.99. The topological polar surface area (TPSA) is 95.9 Å². The normalized spacial score (nSPS) is 21.1. The number of Topliss-reactive ketones (excluding diaryl/α,β-unsaturated/α-hetero) is 1. The second kappa shape index (κ2) is 9.58. The Kier molecular flexibility index (Phi) is 6.75. The van der Waals surface area contributed by atoms with Crippen LogP contribution >= 0.6 is 0 Å². The van der Waals surface area contributed by atoms with E-state index in [-0.39, 0.29) is 47.9 Å². The Morgan fingerprint density at radius 3 is 2.44 bits per heavy atom. The molecule has 2 amide bonds. The Labute approximate surface area is 200 Å². The number of phenols is 1. The molecule has 0 aliphatic carbocycles. The summed E-state index contributed by atoms with van der Waals surface area (Å²) >= 11 is 0. The van der Waals surface area contributed by atoms with E-state index in [9.17, 15) is 19.5 Å². The van der Waals surface area contributed by atoms with Gasteiger partial charge in [-0.25, -0.2) is 0 Å². The second-order valence-electron chi connectivity index (χ2n) is 10.2. The zero-order chi connectivity index (χ0) is 24.5. The van der Waals surface area contributed by atoms with Crippen LogP contribution in [0.25, 0.3) is 0 Å². The summed E-state index contributed by atoms with van der Waals surface area (Å²) in [6.07, 6.45) is 1.46. The van der Waals surface area contributed by atoms with Crippen LogP contribution in [-0.2, 0) is 26.2 Å². The van der Waals surface area contributed by atoms with Gasteiger partial charge in [0, 0.05) is 18.5 Å². The molecule has 7 heteroatoms. The van der Waals surface area contributed by atoms with Crippen molar-refractivity contribution in [2.45, 2.75) is 63.6 Å². The molecule has 0 bridgehead atoms. The number of benzene rings is 2. The Morgan fingerprint density at radius 1 is 1.12 bits per heavy atom. The number of likely N-dealkylation sites (tertiary alicyclic amines) is 1. The number of carbonyl (C=O) groups excluding carboxylic acids is 3. The van der Waals surface area contributed by atoms with Crippen molar-refractivity contribution in [3.63, 3.8) is 0 Å². The van der Waals surface area contributed by atoms with Crippen molar-refractivity contribution in [2.75, 3.05) is 13.2 Å². The van der Waals surface area contributed by atoms with Gasteiger partial charge >= 0.3 is 0 Å². The fourth-order valence-corrected chi connectivity index (χ4v) is 4.67. The molecule has 180 valence electrons. The quantitative estimate of drug-likeness (QED) is 0.709. The summed E-state index contributed by atoms with van der Waals surface area (Å²) in [5, 5.41) is 12.5. The minimum Gasteiger partial charge on any atom is -0.508 e. The van der Waals surface area contributed by atoms with Gasteiger partial charge in [0.15, 0.2) is 5.78 Å². The Hall–Kier alpha value is -3.19. The van der Waals surface area contributed by atoms with Gasteiger partial charge in [-0.05, 0) is 53.6 Å². The maximum Gasteiger partial charge on any atom is 0.251 e. The number of ketones is 1. The highest BCUT2D eigenvalue weighted by molar-refractivity contribution is 5.99. The summed E-state index contributed by atoms with van der Waals surface area (Å²) in [6, 6.07) is 12.5. The lowest BCUT2D eigenvalue weighted by atomic mass is 9.86. The van der Waals surface area contributed by atoms with E-state index in [0.717, 1.165) is 24.0 Å². The van der Waals surface area contributed by atoms with E-state index in [4.69, 9.17) is 4.74 Å². The van der Waals surface area contributed by atoms with Crippen molar-refractivity contribution in [2.24, 2.45) is 0 Å². The van der Waals surface area contributed by atoms with Crippen LogP contribution in [0.15, 0.2) is 48.5 Å². The zero-order valence-corrected chi connectivity index (χ0v) is 19.9. The van der Waals surface area contributed by atoms with Crippen LogP contribution in [-0.4, -0.2) is 58.9 Å². The number of nitrogens with one attached hydrogen (secondary N) is 1. The van der Waals surface area contributed by atoms with E-state index < -0.39 is 12.1 Å². The molecule has 2 aromatic rings. The first kappa shape index (κ1) is 24.0. The molecule has 0 spiro atoms. The number of amides is 2. The van der Waals surface area contributed by atoms with Gasteiger partial charge in [0.2, 0.25) is 5.91 Å². The number of phenolic OH excluding ortho intramolecular Hbond substituents is 1. The van der Waals surface area contributed by atoms with Gasteiger partial charge in [-0.1, -0.05) is 45.0 Å². The first-order valence-electron chi connectivity index (χ1n) is 11.8. The molecule has 0 saturated carbocycles. The van der Waals surface area contributed by atoms with Gasteiger partial charge in [-0.2, -0.15) is 0 Å². The Bertz CT molecular complexity index is 1060. The van der Waals surface area contributed by atoms with Gasteiger partial charge in [0.1, 0.15) is 24.4 Å². The van der Waals surface area contributed by atoms with E-state index in [1.165, 1.54) is 0 Å². The van der Waals surface area contributed by atoms with Crippen LogP contribution in [0.5, 0.6) is 5.75 Å². The largest absolute Gasteiger partial charge is 0.508 e. The smallest absolute Gasteiger partial charge is 0.251 e. The molecule has 4 rings (SSSR count). The molecule has 2 N–H and O–H groups in total. The standard InChI is InChI=1S/C27H32N2O5/c1-27(2,3)19-10-8-18(9-11-19)25(32)28-21(15-17-6-12-20(30)13-7-17)26(33)29-14-4-5-23-24(29)22(31)16-34-23/h6-13,21,23-24,30H,4-5,14-16H2,1-3H3,(H,28,32)/t21-,23+,24+/m0/s1. The number of hydrogen-bond donors (Lipinski definition) is 2. The molecule has 2 heterocycles. The number of carbonyl (C=O) groups is 3. The highest BCUT2D eigenvalue weighted by Gasteiger charge is 2.45. The summed E-state index contributed by atoms with van der Waals surface area (Å²) in [4.78, 5) is 40.8. The van der Waals surface area contributed by atoms with Crippen molar-refractivity contribution in [1.29, 1.82) is 0 Å². The third-order valence-electron chi connectivity index (χ3n) is 6.62. The average molecular weight is 465 g/mol. The van der Waals surface area contributed by atoms with Crippen LogP contribution in [0.1, 0.15) is 55.1 Å². The van der Waals surface area contributed by atoms with Crippen molar-refractivity contribution >= 4 is 17.6 Å². The van der Waals surface area contributed by atoms with Gasteiger partial charge in [0.05, 0.1) is 6.10 Å². The molecule has 0 radical (unpaired) electrons. The van der Waals surface area contributed by atoms with Gasteiger partial charge in [-0.3, -0.25) is 14.4 Å². The van der Waals surface area contributed by atoms with Crippen LogP contribution in [0.2, 0.25) is 0 Å². The fraction of sp³-hybridized carbons (Fsp3) is 0.444. The van der Waals surface area contributed by atoms with Crippen molar-refractivity contribution in [1.82, 2.24) is 10.2 Å². The Morgan fingerprint density at radius 2 is 1.79 bits per heavy atom. The highest BCUT2D eigenvalue weighted by atomic mass is 16.5. The Balaban J connectivity index is 1.57. The van der Waals surface area contributed by atoms with Crippen molar-refractivity contribution in [3.05, 3.63) is 65.2 Å². The van der Waals surface area contributed by atoms with Gasteiger partial charge < -0.3 is 20.1 Å². The third-order valence-corrected chi connectivity index (χ3v) is 6.62. The van der Waals surface area contributed by atoms with E-state index in [1.807, 2.05) is 12.1 Å². The van der Waals surface area contributed by atoms with Crippen LogP contribution in [0.4, 0.5) is 0 Å². The SMILES string of the molecule is CC(C)(C)c1ccc(C(=O)N[C@@H](Cc2ccc(O)cc2)C(=O)N2CCC[C@H]3OCC(=O)[C@H]32)cc1. The van der Waals surface area contributed by atoms with E-state index in [2.05, 4.69) is 26.1 Å².